The lowest BCUT2D eigenvalue weighted by atomic mass is 9.59. The average Bonchev–Trinajstić information content (AvgIpc) is 2.57. The fraction of sp³-hybridized carbons (Fsp3) is 0.800. The summed E-state index contributed by atoms with van der Waals surface area (Å²) in [7, 11) is 15.2. The minimum absolute atomic E-state index is 0.0110. The molecule has 0 aromatic rings. The SMILES string of the molecule is CC1=C2C(OP(P(P)P)P(PP)P(P)P)C[C@@H](C)C(=O)CC(CC1O)C2(C)C. The van der Waals surface area contributed by atoms with Crippen LogP contribution in [-0.4, -0.2) is 23.1 Å². The first kappa shape index (κ1) is 27.9. The number of carbonyl (C=O) groups is 1. The fourth-order valence-corrected chi connectivity index (χ4v) is 70.5. The second kappa shape index (κ2) is 11.9. The van der Waals surface area contributed by atoms with Crippen molar-refractivity contribution in [2.75, 3.05) is 0 Å². The minimum atomic E-state index is -0.590. The van der Waals surface area contributed by atoms with Crippen LogP contribution >= 0.6 is 81.1 Å². The van der Waals surface area contributed by atoms with Gasteiger partial charge in [0.2, 0.25) is 0 Å². The van der Waals surface area contributed by atoms with E-state index in [2.05, 4.69) is 72.3 Å². The van der Waals surface area contributed by atoms with E-state index in [0.29, 0.717) is 18.6 Å². The average molecular weight is 572 g/mol. The predicted molar refractivity (Wildman–Crippen MR) is 153 cm³/mol. The van der Waals surface area contributed by atoms with Crippen LogP contribution in [-0.2, 0) is 9.32 Å². The smallest absolute Gasteiger partial charge is 0.136 e. The molecule has 0 heterocycles. The van der Waals surface area contributed by atoms with Crippen molar-refractivity contribution in [3.8, 4) is 0 Å². The van der Waals surface area contributed by atoms with Crippen molar-refractivity contribution < 1.29 is 14.4 Å². The number of aliphatic hydroxyl groups excluding tert-OH is 1. The highest BCUT2D eigenvalue weighted by molar-refractivity contribution is 9.10. The molecule has 1 N–H and O–H groups in total. The lowest BCUT2D eigenvalue weighted by Gasteiger charge is -2.49. The van der Waals surface area contributed by atoms with Gasteiger partial charge in [0.1, 0.15) is 5.78 Å². The Bertz CT molecular complexity index is 611. The summed E-state index contributed by atoms with van der Waals surface area (Å²) in [6.07, 6.45) is 1.47. The molecule has 12 atom stereocenters. The van der Waals surface area contributed by atoms with E-state index >= 15 is 0 Å². The molecule has 0 spiro atoms. The van der Waals surface area contributed by atoms with Crippen LogP contribution in [0.5, 0.6) is 0 Å². The van der Waals surface area contributed by atoms with Gasteiger partial charge in [-0.3, -0.25) is 4.79 Å². The third-order valence-electron chi connectivity index (χ3n) is 5.95. The van der Waals surface area contributed by atoms with E-state index in [1.165, 1.54) is 5.57 Å². The zero-order valence-electron chi connectivity index (χ0n) is 16.9. The number of Topliss-reactive ketones (excluding diaryl/α,β-unsaturated/α-hetero) is 1. The lowest BCUT2D eigenvalue weighted by molar-refractivity contribution is -0.126. The van der Waals surface area contributed by atoms with Crippen molar-refractivity contribution >= 4 is 86.9 Å². The number of hydrogen-bond acceptors (Lipinski definition) is 3. The van der Waals surface area contributed by atoms with Crippen LogP contribution in [0.4, 0.5) is 0 Å². The molecule has 11 unspecified atom stereocenters. The van der Waals surface area contributed by atoms with Crippen molar-refractivity contribution in [3.05, 3.63) is 11.1 Å². The van der Waals surface area contributed by atoms with Crippen LogP contribution in [0.1, 0.15) is 47.0 Å². The summed E-state index contributed by atoms with van der Waals surface area (Å²) in [4.78, 5) is 12.9. The van der Waals surface area contributed by atoms with E-state index in [9.17, 15) is 9.90 Å². The second-order valence-electron chi connectivity index (χ2n) is 8.10. The molecule has 28 heavy (non-hydrogen) atoms. The topological polar surface area (TPSA) is 46.5 Å². The Kier molecular flexibility index (Phi) is 11.8. The van der Waals surface area contributed by atoms with E-state index in [4.69, 9.17) is 4.52 Å². The molecule has 1 saturated carbocycles. The molecule has 2 rings (SSSR count). The Morgan fingerprint density at radius 2 is 1.79 bits per heavy atom. The molecular formula is C15H34O3P10. The molecule has 2 bridgehead atoms. The Morgan fingerprint density at radius 1 is 1.18 bits per heavy atom. The molecule has 162 valence electrons. The van der Waals surface area contributed by atoms with Gasteiger partial charge in [-0.1, -0.05) is 28.7 Å². The zero-order valence-corrected chi connectivity index (χ0v) is 27.2. The van der Waals surface area contributed by atoms with Crippen molar-refractivity contribution in [2.45, 2.75) is 59.2 Å². The van der Waals surface area contributed by atoms with Crippen LogP contribution in [0.2, 0.25) is 0 Å². The maximum atomic E-state index is 12.9. The van der Waals surface area contributed by atoms with Gasteiger partial charge in [-0.15, -0.1) is 44.6 Å². The van der Waals surface area contributed by atoms with Crippen molar-refractivity contribution in [1.29, 1.82) is 0 Å². The monoisotopic (exact) mass is 572 g/mol. The number of ketones is 1. The molecule has 0 aliphatic heterocycles. The first-order valence-corrected chi connectivity index (χ1v) is 26.7. The van der Waals surface area contributed by atoms with E-state index in [-0.39, 0.29) is 44.3 Å². The van der Waals surface area contributed by atoms with E-state index in [1.54, 1.807) is 0 Å². The highest BCUT2D eigenvalue weighted by Gasteiger charge is 2.48. The molecule has 3 nitrogen and oxygen atoms in total. The maximum Gasteiger partial charge on any atom is 0.136 e. The lowest BCUT2D eigenvalue weighted by Crippen LogP contribution is -2.45. The van der Waals surface area contributed by atoms with Gasteiger partial charge >= 0.3 is 0 Å². The van der Waals surface area contributed by atoms with Crippen LogP contribution in [0, 0.1) is 17.3 Å². The third-order valence-corrected chi connectivity index (χ3v) is 53.2. The van der Waals surface area contributed by atoms with Gasteiger partial charge in [-0.05, 0) is 56.2 Å². The number of rotatable bonds is 6. The standard InChI is InChI=1S/C15H34O3P10/c1-8-5-13(18-25(26(20)21)28(24-19)27(22)23)14-9(2)12(17)7-10(6-11(8)16)15(14,3)4/h8,10,12-13,17,24H,5-7,19-23H2,1-4H3/t8-,10?,12?,13?,25?,28?/m1/s1. The molecule has 1 fully saturated rings. The third kappa shape index (κ3) is 6.39. The number of aliphatic hydroxyl groups is 1. The van der Waals surface area contributed by atoms with Gasteiger partial charge in [0, 0.05) is 19.3 Å². The molecule has 2 aliphatic rings. The maximum absolute atomic E-state index is 12.9. The summed E-state index contributed by atoms with van der Waals surface area (Å²) in [6.45, 7) is 7.87. The molecule has 0 aromatic heterocycles. The summed E-state index contributed by atoms with van der Waals surface area (Å²) < 4.78 is 7.00. The number of hydrogen-bond donors (Lipinski definition) is 1. The van der Waals surface area contributed by atoms with Gasteiger partial charge in [0.15, 0.2) is 0 Å². The van der Waals surface area contributed by atoms with Crippen molar-refractivity contribution in [3.63, 3.8) is 0 Å². The first-order valence-electron chi connectivity index (χ1n) is 9.15. The fourth-order valence-electron chi connectivity index (χ4n) is 4.28. The van der Waals surface area contributed by atoms with Gasteiger partial charge in [-0.25, -0.2) is 0 Å². The normalized spacial score (nSPS) is 33.5. The summed E-state index contributed by atoms with van der Waals surface area (Å²) >= 11 is 0. The highest BCUT2D eigenvalue weighted by atomic mass is 33.1. The number of carbonyl (C=O) groups excluding carboxylic acids is 1. The van der Waals surface area contributed by atoms with Crippen molar-refractivity contribution in [2.24, 2.45) is 17.3 Å². The molecule has 0 radical (unpaired) electrons. The molecule has 2 aliphatic carbocycles. The van der Waals surface area contributed by atoms with Gasteiger partial charge in [-0.2, -0.15) is 0 Å². The zero-order chi connectivity index (χ0) is 21.4. The van der Waals surface area contributed by atoms with Crippen LogP contribution in [0.15, 0.2) is 11.1 Å². The summed E-state index contributed by atoms with van der Waals surface area (Å²) in [6, 6.07) is 0. The van der Waals surface area contributed by atoms with E-state index in [0.717, 1.165) is 20.0 Å². The van der Waals surface area contributed by atoms with Gasteiger partial charge in [0.25, 0.3) is 0 Å². The van der Waals surface area contributed by atoms with Gasteiger partial charge < -0.3 is 9.63 Å². The van der Waals surface area contributed by atoms with Crippen molar-refractivity contribution in [1.82, 2.24) is 0 Å². The van der Waals surface area contributed by atoms with Gasteiger partial charge in [0.05, 0.1) is 19.7 Å². The quantitative estimate of drug-likeness (QED) is 0.258. The molecule has 0 amide bonds. The largest absolute Gasteiger partial charge is 0.389 e. The molecule has 13 heteroatoms. The molecular weight excluding hydrogens is 538 g/mol. The highest BCUT2D eigenvalue weighted by Crippen LogP contribution is 3.09. The predicted octanol–water partition coefficient (Wildman–Crippen LogP) is 8.23. The number of fused-ring (bicyclic) bond motifs is 2. The van der Waals surface area contributed by atoms with Crippen LogP contribution in [0.3, 0.4) is 0 Å². The first-order chi connectivity index (χ1) is 12.9. The summed E-state index contributed by atoms with van der Waals surface area (Å²) in [5.41, 5.74) is 2.23. The summed E-state index contributed by atoms with van der Waals surface area (Å²) in [5.74, 6) is 0.528. The van der Waals surface area contributed by atoms with E-state index in [1.807, 2.05) is 0 Å². The van der Waals surface area contributed by atoms with E-state index < -0.39 is 13.6 Å². The summed E-state index contributed by atoms with van der Waals surface area (Å²) in [5, 5.41) is 10.8. The Labute approximate surface area is 188 Å². The minimum Gasteiger partial charge on any atom is -0.389 e. The Hall–Kier alpha value is 3.63. The second-order valence-corrected chi connectivity index (χ2v) is 42.6. The Morgan fingerprint density at radius 3 is 2.29 bits per heavy atom. The molecule has 0 aromatic carbocycles. The molecule has 0 saturated heterocycles. The van der Waals surface area contributed by atoms with Crippen LogP contribution < -0.4 is 0 Å². The van der Waals surface area contributed by atoms with Crippen LogP contribution in [0.25, 0.3) is 0 Å². The Balaban J connectivity index is 2.51.